The second kappa shape index (κ2) is 8.68. The van der Waals surface area contributed by atoms with Gasteiger partial charge in [-0.1, -0.05) is 0 Å². The number of likely N-dealkylation sites (tertiary alicyclic amines) is 1. The highest BCUT2D eigenvalue weighted by atomic mass is 35.5. The van der Waals surface area contributed by atoms with Crippen molar-refractivity contribution in [2.24, 2.45) is 17.6 Å². The van der Waals surface area contributed by atoms with Gasteiger partial charge in [0.25, 0.3) is 0 Å². The highest BCUT2D eigenvalue weighted by molar-refractivity contribution is 5.98. The van der Waals surface area contributed by atoms with Crippen molar-refractivity contribution in [1.29, 1.82) is 0 Å². The first kappa shape index (κ1) is 19.7. The van der Waals surface area contributed by atoms with E-state index in [1.54, 1.807) is 24.3 Å². The molecule has 6 heteroatoms. The summed E-state index contributed by atoms with van der Waals surface area (Å²) >= 11 is 0. The molecule has 3 atom stereocenters. The zero-order chi connectivity index (χ0) is 17.1. The summed E-state index contributed by atoms with van der Waals surface area (Å²) in [7, 11) is 0. The summed E-state index contributed by atoms with van der Waals surface area (Å²) in [4.78, 5) is 26.5. The number of benzene rings is 1. The minimum Gasteiger partial charge on any atom is -0.494 e. The molecule has 0 aromatic heterocycles. The van der Waals surface area contributed by atoms with Crippen LogP contribution in [0, 0.1) is 11.8 Å². The molecule has 0 bridgehead atoms. The van der Waals surface area contributed by atoms with Crippen LogP contribution in [0.3, 0.4) is 0 Å². The molecule has 1 aliphatic carbocycles. The van der Waals surface area contributed by atoms with Crippen LogP contribution >= 0.6 is 12.4 Å². The van der Waals surface area contributed by atoms with Gasteiger partial charge in [-0.05, 0) is 55.9 Å². The van der Waals surface area contributed by atoms with Crippen LogP contribution in [-0.2, 0) is 4.79 Å². The molecule has 25 heavy (non-hydrogen) atoms. The molecule has 2 N–H and O–H groups in total. The quantitative estimate of drug-likeness (QED) is 0.785. The van der Waals surface area contributed by atoms with Gasteiger partial charge in [0.1, 0.15) is 5.75 Å². The molecule has 0 radical (unpaired) electrons. The number of carbonyl (C=O) groups is 2. The maximum Gasteiger partial charge on any atom is 0.223 e. The largest absolute Gasteiger partial charge is 0.494 e. The Balaban J connectivity index is 0.00000225. The van der Waals surface area contributed by atoms with Crippen molar-refractivity contribution in [2.75, 3.05) is 19.7 Å². The van der Waals surface area contributed by atoms with Gasteiger partial charge < -0.3 is 15.4 Å². The van der Waals surface area contributed by atoms with E-state index in [4.69, 9.17) is 10.5 Å². The van der Waals surface area contributed by atoms with E-state index in [-0.39, 0.29) is 43.0 Å². The van der Waals surface area contributed by atoms with Crippen molar-refractivity contribution in [2.45, 2.75) is 38.6 Å². The third-order valence-corrected chi connectivity index (χ3v) is 5.32. The van der Waals surface area contributed by atoms with Crippen LogP contribution in [0.5, 0.6) is 5.75 Å². The lowest BCUT2D eigenvalue weighted by Gasteiger charge is -2.18. The average Bonchev–Trinajstić information content (AvgIpc) is 3.16. The molecular formula is C19H27ClN2O3. The van der Waals surface area contributed by atoms with Crippen molar-refractivity contribution < 1.29 is 14.3 Å². The molecule has 138 valence electrons. The molecule has 1 saturated carbocycles. The zero-order valence-electron chi connectivity index (χ0n) is 14.6. The van der Waals surface area contributed by atoms with Crippen LogP contribution in [0.1, 0.15) is 43.0 Å². The van der Waals surface area contributed by atoms with E-state index in [2.05, 4.69) is 0 Å². The fourth-order valence-corrected chi connectivity index (χ4v) is 3.94. The summed E-state index contributed by atoms with van der Waals surface area (Å²) in [5, 5.41) is 0. The fraction of sp³-hybridized carbons (Fsp3) is 0.579. The first-order chi connectivity index (χ1) is 11.6. The van der Waals surface area contributed by atoms with E-state index in [0.29, 0.717) is 24.0 Å². The number of hydrogen-bond acceptors (Lipinski definition) is 4. The topological polar surface area (TPSA) is 72.6 Å². The van der Waals surface area contributed by atoms with Crippen LogP contribution in [0.25, 0.3) is 0 Å². The van der Waals surface area contributed by atoms with E-state index in [1.807, 2.05) is 11.8 Å². The Labute approximate surface area is 155 Å². The molecule has 2 fully saturated rings. The van der Waals surface area contributed by atoms with Crippen LogP contribution < -0.4 is 10.5 Å². The predicted molar refractivity (Wildman–Crippen MR) is 99.2 cm³/mol. The zero-order valence-corrected chi connectivity index (χ0v) is 15.5. The Kier molecular flexibility index (Phi) is 6.85. The van der Waals surface area contributed by atoms with Crippen molar-refractivity contribution in [3.05, 3.63) is 29.8 Å². The number of halogens is 1. The van der Waals surface area contributed by atoms with E-state index >= 15 is 0 Å². The number of nitrogens with zero attached hydrogens (tertiary/aromatic N) is 1. The minimum absolute atomic E-state index is 0. The van der Waals surface area contributed by atoms with Gasteiger partial charge in [-0.2, -0.15) is 0 Å². The number of ketones is 1. The normalized spacial score (nSPS) is 24.6. The maximum atomic E-state index is 12.4. The Morgan fingerprint density at radius 2 is 1.88 bits per heavy atom. The monoisotopic (exact) mass is 366 g/mol. The molecular weight excluding hydrogens is 340 g/mol. The van der Waals surface area contributed by atoms with Gasteiger partial charge >= 0.3 is 0 Å². The van der Waals surface area contributed by atoms with Crippen LogP contribution in [0.4, 0.5) is 0 Å². The van der Waals surface area contributed by atoms with E-state index in [1.165, 1.54) is 0 Å². The van der Waals surface area contributed by atoms with Gasteiger partial charge in [-0.25, -0.2) is 0 Å². The van der Waals surface area contributed by atoms with Crippen molar-refractivity contribution in [3.8, 4) is 5.75 Å². The number of nitrogens with two attached hydrogens (primary N) is 1. The molecule has 2 aliphatic rings. The van der Waals surface area contributed by atoms with Crippen LogP contribution in [0.2, 0.25) is 0 Å². The minimum atomic E-state index is 0. The number of Topliss-reactive ketones (excluding diaryl/α,β-unsaturated/α-hetero) is 1. The summed E-state index contributed by atoms with van der Waals surface area (Å²) in [6.45, 7) is 4.10. The third kappa shape index (κ3) is 4.53. The molecule has 1 saturated heterocycles. The SMILES string of the molecule is CCOc1ccc(C(=O)CCC(=O)N2CC3CCC(N)C3C2)cc1.Cl. The molecule has 1 heterocycles. The van der Waals surface area contributed by atoms with Gasteiger partial charge in [-0.15, -0.1) is 12.4 Å². The molecule has 3 unspecified atom stereocenters. The molecule has 5 nitrogen and oxygen atoms in total. The Hall–Kier alpha value is -1.59. The molecule has 1 aromatic carbocycles. The lowest BCUT2D eigenvalue weighted by Crippen LogP contribution is -2.33. The maximum absolute atomic E-state index is 12.4. The van der Waals surface area contributed by atoms with Gasteiger partial charge in [0.15, 0.2) is 5.78 Å². The van der Waals surface area contributed by atoms with Gasteiger partial charge in [0.05, 0.1) is 6.61 Å². The van der Waals surface area contributed by atoms with Gasteiger partial charge in [0, 0.05) is 37.5 Å². The summed E-state index contributed by atoms with van der Waals surface area (Å²) in [6.07, 6.45) is 2.74. The number of ether oxygens (including phenoxy) is 1. The second-order valence-electron chi connectivity index (χ2n) is 6.84. The smallest absolute Gasteiger partial charge is 0.223 e. The molecule has 0 spiro atoms. The Bertz CT molecular complexity index is 605. The van der Waals surface area contributed by atoms with Crippen molar-refractivity contribution in [3.63, 3.8) is 0 Å². The summed E-state index contributed by atoms with van der Waals surface area (Å²) in [5.41, 5.74) is 6.74. The molecule has 1 amide bonds. The Morgan fingerprint density at radius 3 is 2.52 bits per heavy atom. The van der Waals surface area contributed by atoms with E-state index in [9.17, 15) is 9.59 Å². The lowest BCUT2D eigenvalue weighted by molar-refractivity contribution is -0.130. The fourth-order valence-electron chi connectivity index (χ4n) is 3.94. The summed E-state index contributed by atoms with van der Waals surface area (Å²) in [6, 6.07) is 7.34. The second-order valence-corrected chi connectivity index (χ2v) is 6.84. The first-order valence-corrected chi connectivity index (χ1v) is 8.88. The number of hydrogen-bond donors (Lipinski definition) is 1. The molecule has 1 aromatic rings. The number of amides is 1. The predicted octanol–water partition coefficient (Wildman–Crippen LogP) is 2.67. The van der Waals surface area contributed by atoms with Gasteiger partial charge in [0.2, 0.25) is 5.91 Å². The average molecular weight is 367 g/mol. The van der Waals surface area contributed by atoms with Crippen molar-refractivity contribution in [1.82, 2.24) is 4.90 Å². The van der Waals surface area contributed by atoms with Gasteiger partial charge in [-0.3, -0.25) is 9.59 Å². The highest BCUT2D eigenvalue weighted by Gasteiger charge is 2.42. The summed E-state index contributed by atoms with van der Waals surface area (Å²) in [5.74, 6) is 1.85. The first-order valence-electron chi connectivity index (χ1n) is 8.88. The highest BCUT2D eigenvalue weighted by Crippen LogP contribution is 2.37. The number of fused-ring (bicyclic) bond motifs is 1. The number of carbonyl (C=O) groups excluding carboxylic acids is 2. The van der Waals surface area contributed by atoms with Crippen LogP contribution in [0.15, 0.2) is 24.3 Å². The molecule has 3 rings (SSSR count). The Morgan fingerprint density at radius 1 is 1.16 bits per heavy atom. The van der Waals surface area contributed by atoms with Crippen molar-refractivity contribution >= 4 is 24.1 Å². The lowest BCUT2D eigenvalue weighted by atomic mass is 9.98. The third-order valence-electron chi connectivity index (χ3n) is 5.32. The number of rotatable bonds is 6. The standard InChI is InChI=1S/C19H26N2O3.ClH/c1-2-24-15-6-3-13(4-7-15)18(22)9-10-19(23)21-11-14-5-8-17(20)16(14)12-21;/h3-4,6-7,14,16-17H,2,5,8-12,20H2,1H3;1H. The molecule has 1 aliphatic heterocycles. The van der Waals surface area contributed by atoms with E-state index in [0.717, 1.165) is 31.7 Å². The van der Waals surface area contributed by atoms with E-state index < -0.39 is 0 Å². The summed E-state index contributed by atoms with van der Waals surface area (Å²) < 4.78 is 5.37. The van der Waals surface area contributed by atoms with Crippen LogP contribution in [-0.4, -0.2) is 42.3 Å².